The highest BCUT2D eigenvalue weighted by Gasteiger charge is 2.17. The van der Waals surface area contributed by atoms with Crippen LogP contribution in [-0.2, 0) is 21.3 Å². The third kappa shape index (κ3) is 4.06. The third-order valence-corrected chi connectivity index (χ3v) is 4.08. The van der Waals surface area contributed by atoms with Gasteiger partial charge < -0.3 is 10.5 Å². The highest BCUT2D eigenvalue weighted by molar-refractivity contribution is 7.89. The molecule has 0 radical (unpaired) electrons. The fourth-order valence-corrected chi connectivity index (χ4v) is 3.02. The highest BCUT2D eigenvalue weighted by atomic mass is 32.2. The molecular weight excluding hydrogens is 252 g/mol. The van der Waals surface area contributed by atoms with E-state index in [2.05, 4.69) is 4.72 Å². The summed E-state index contributed by atoms with van der Waals surface area (Å²) < 4.78 is 31.8. The Balaban J connectivity index is 2.80. The summed E-state index contributed by atoms with van der Waals surface area (Å²) in [5, 5.41) is 0. The minimum absolute atomic E-state index is 0.120. The van der Waals surface area contributed by atoms with E-state index in [0.29, 0.717) is 18.7 Å². The molecular formula is C12H20N2O3S. The summed E-state index contributed by atoms with van der Waals surface area (Å²) in [6, 6.07) is 6.74. The summed E-state index contributed by atoms with van der Waals surface area (Å²) in [6.07, 6.45) is 0. The first-order valence-electron chi connectivity index (χ1n) is 5.78. The summed E-state index contributed by atoms with van der Waals surface area (Å²) in [4.78, 5) is 0.247. The average Bonchev–Trinajstić information content (AvgIpc) is 2.37. The van der Waals surface area contributed by atoms with E-state index >= 15 is 0 Å². The van der Waals surface area contributed by atoms with Crippen LogP contribution in [0.4, 0.5) is 0 Å². The molecule has 1 aromatic rings. The summed E-state index contributed by atoms with van der Waals surface area (Å²) in [6.45, 7) is 2.97. The molecule has 3 N–H and O–H groups in total. The number of hydrogen-bond donors (Lipinski definition) is 2. The van der Waals surface area contributed by atoms with E-state index in [-0.39, 0.29) is 17.4 Å². The molecule has 0 aliphatic rings. The predicted molar refractivity (Wildman–Crippen MR) is 70.6 cm³/mol. The second-order valence-corrected chi connectivity index (χ2v) is 5.96. The summed E-state index contributed by atoms with van der Waals surface area (Å²) in [5.41, 5.74) is 6.15. The SMILES string of the molecule is COCC(C)CNS(=O)(=O)c1ccccc1CN. The lowest BCUT2D eigenvalue weighted by molar-refractivity contribution is 0.161. The zero-order chi connectivity index (χ0) is 13.6. The first-order chi connectivity index (χ1) is 8.51. The molecule has 1 atom stereocenters. The summed E-state index contributed by atoms with van der Waals surface area (Å²) >= 11 is 0. The van der Waals surface area contributed by atoms with Crippen LogP contribution in [0.3, 0.4) is 0 Å². The van der Waals surface area contributed by atoms with Crippen molar-refractivity contribution in [2.75, 3.05) is 20.3 Å². The van der Waals surface area contributed by atoms with Crippen molar-refractivity contribution in [2.24, 2.45) is 11.7 Å². The number of nitrogens with one attached hydrogen (secondary N) is 1. The normalized spacial score (nSPS) is 13.5. The fraction of sp³-hybridized carbons (Fsp3) is 0.500. The quantitative estimate of drug-likeness (QED) is 0.766. The van der Waals surface area contributed by atoms with Crippen LogP contribution in [-0.4, -0.2) is 28.7 Å². The Morgan fingerprint density at radius 3 is 2.67 bits per heavy atom. The molecule has 1 aromatic carbocycles. The van der Waals surface area contributed by atoms with Gasteiger partial charge >= 0.3 is 0 Å². The van der Waals surface area contributed by atoms with Gasteiger partial charge in [-0.1, -0.05) is 25.1 Å². The summed E-state index contributed by atoms with van der Waals surface area (Å²) in [5.74, 6) is 0.120. The number of benzene rings is 1. The van der Waals surface area contributed by atoms with Crippen molar-refractivity contribution in [3.8, 4) is 0 Å². The van der Waals surface area contributed by atoms with Crippen molar-refractivity contribution >= 4 is 10.0 Å². The molecule has 0 aliphatic heterocycles. The van der Waals surface area contributed by atoms with Crippen molar-refractivity contribution in [1.82, 2.24) is 4.72 Å². The van der Waals surface area contributed by atoms with E-state index in [9.17, 15) is 8.42 Å². The molecule has 5 nitrogen and oxygen atoms in total. The van der Waals surface area contributed by atoms with Crippen LogP contribution in [0.5, 0.6) is 0 Å². The van der Waals surface area contributed by atoms with Crippen molar-refractivity contribution in [3.05, 3.63) is 29.8 Å². The van der Waals surface area contributed by atoms with E-state index in [1.165, 1.54) is 0 Å². The molecule has 0 bridgehead atoms. The Morgan fingerprint density at radius 1 is 1.39 bits per heavy atom. The lowest BCUT2D eigenvalue weighted by Crippen LogP contribution is -2.30. The molecule has 0 aromatic heterocycles. The Morgan fingerprint density at radius 2 is 2.06 bits per heavy atom. The van der Waals surface area contributed by atoms with Gasteiger partial charge in [0.1, 0.15) is 0 Å². The zero-order valence-corrected chi connectivity index (χ0v) is 11.5. The van der Waals surface area contributed by atoms with Crippen LogP contribution >= 0.6 is 0 Å². The smallest absolute Gasteiger partial charge is 0.240 e. The van der Waals surface area contributed by atoms with E-state index in [1.54, 1.807) is 31.4 Å². The van der Waals surface area contributed by atoms with Gasteiger partial charge in [0.05, 0.1) is 4.90 Å². The minimum atomic E-state index is -3.50. The van der Waals surface area contributed by atoms with Crippen LogP contribution < -0.4 is 10.5 Å². The maximum Gasteiger partial charge on any atom is 0.240 e. The van der Waals surface area contributed by atoms with Gasteiger partial charge in [0, 0.05) is 26.8 Å². The molecule has 1 unspecified atom stereocenters. The number of methoxy groups -OCH3 is 1. The largest absolute Gasteiger partial charge is 0.384 e. The molecule has 0 saturated carbocycles. The standard InChI is InChI=1S/C12H20N2O3S/c1-10(9-17-2)8-14-18(15,16)12-6-4-3-5-11(12)7-13/h3-6,10,14H,7-9,13H2,1-2H3. The van der Waals surface area contributed by atoms with Crippen molar-refractivity contribution < 1.29 is 13.2 Å². The van der Waals surface area contributed by atoms with Gasteiger partial charge in [-0.05, 0) is 17.5 Å². The Bertz CT molecular complexity index is 474. The second kappa shape index (κ2) is 6.84. The van der Waals surface area contributed by atoms with Crippen LogP contribution in [0.2, 0.25) is 0 Å². The zero-order valence-electron chi connectivity index (χ0n) is 10.7. The molecule has 0 fully saturated rings. The topological polar surface area (TPSA) is 81.4 Å². The maximum atomic E-state index is 12.1. The van der Waals surface area contributed by atoms with Gasteiger partial charge in [0.25, 0.3) is 0 Å². The van der Waals surface area contributed by atoms with Crippen LogP contribution in [0, 0.1) is 5.92 Å². The number of nitrogens with two attached hydrogens (primary N) is 1. The van der Waals surface area contributed by atoms with Gasteiger partial charge in [-0.2, -0.15) is 0 Å². The van der Waals surface area contributed by atoms with Crippen LogP contribution in [0.1, 0.15) is 12.5 Å². The molecule has 102 valence electrons. The average molecular weight is 272 g/mol. The van der Waals surface area contributed by atoms with Gasteiger partial charge in [0.15, 0.2) is 0 Å². The lowest BCUT2D eigenvalue weighted by Gasteiger charge is -2.13. The summed E-state index contributed by atoms with van der Waals surface area (Å²) in [7, 11) is -1.91. The lowest BCUT2D eigenvalue weighted by atomic mass is 10.2. The Kier molecular flexibility index (Phi) is 5.74. The molecule has 0 spiro atoms. The molecule has 18 heavy (non-hydrogen) atoms. The molecule has 0 aliphatic carbocycles. The van der Waals surface area contributed by atoms with E-state index < -0.39 is 10.0 Å². The van der Waals surface area contributed by atoms with E-state index in [0.717, 1.165) is 0 Å². The Labute approximate surface area is 108 Å². The maximum absolute atomic E-state index is 12.1. The Hall–Kier alpha value is -0.950. The van der Waals surface area contributed by atoms with E-state index in [4.69, 9.17) is 10.5 Å². The number of ether oxygens (including phenoxy) is 1. The van der Waals surface area contributed by atoms with E-state index in [1.807, 2.05) is 6.92 Å². The number of rotatable bonds is 7. The molecule has 6 heteroatoms. The first-order valence-corrected chi connectivity index (χ1v) is 7.26. The first kappa shape index (κ1) is 15.1. The van der Waals surface area contributed by atoms with Gasteiger partial charge in [-0.3, -0.25) is 0 Å². The van der Waals surface area contributed by atoms with Gasteiger partial charge in [-0.15, -0.1) is 0 Å². The third-order valence-electron chi connectivity index (χ3n) is 2.56. The second-order valence-electron chi connectivity index (χ2n) is 4.22. The monoisotopic (exact) mass is 272 g/mol. The molecule has 1 rings (SSSR count). The minimum Gasteiger partial charge on any atom is -0.384 e. The molecule has 0 heterocycles. The van der Waals surface area contributed by atoms with Crippen molar-refractivity contribution in [3.63, 3.8) is 0 Å². The van der Waals surface area contributed by atoms with Crippen LogP contribution in [0.15, 0.2) is 29.2 Å². The number of hydrogen-bond acceptors (Lipinski definition) is 4. The van der Waals surface area contributed by atoms with Crippen LogP contribution in [0.25, 0.3) is 0 Å². The predicted octanol–water partition coefficient (Wildman–Crippen LogP) is 0.706. The van der Waals surface area contributed by atoms with Gasteiger partial charge in [-0.25, -0.2) is 13.1 Å². The highest BCUT2D eigenvalue weighted by Crippen LogP contribution is 2.14. The molecule has 0 amide bonds. The van der Waals surface area contributed by atoms with Crippen molar-refractivity contribution in [2.45, 2.75) is 18.4 Å². The molecule has 0 saturated heterocycles. The van der Waals surface area contributed by atoms with Crippen molar-refractivity contribution in [1.29, 1.82) is 0 Å². The van der Waals surface area contributed by atoms with Gasteiger partial charge in [0.2, 0.25) is 10.0 Å². The fourth-order valence-electron chi connectivity index (χ4n) is 1.61. The number of sulfonamides is 1.